The summed E-state index contributed by atoms with van der Waals surface area (Å²) in [4.78, 5) is 0. The Morgan fingerprint density at radius 3 is 2.61 bits per heavy atom. The van der Waals surface area contributed by atoms with Crippen LogP contribution in [0.4, 0.5) is 4.39 Å². The van der Waals surface area contributed by atoms with Gasteiger partial charge in [0.2, 0.25) is 4.77 Å². The minimum atomic E-state index is -0.278. The molecule has 0 fully saturated rings. The summed E-state index contributed by atoms with van der Waals surface area (Å²) in [7, 11) is 0. The summed E-state index contributed by atoms with van der Waals surface area (Å²) in [6.07, 6.45) is 1.70. The van der Waals surface area contributed by atoms with Gasteiger partial charge >= 0.3 is 0 Å². The fourth-order valence-electron chi connectivity index (χ4n) is 3.10. The molecule has 1 aromatic heterocycles. The number of hydrogen-bond acceptors (Lipinski definition) is 5. The van der Waals surface area contributed by atoms with E-state index in [9.17, 15) is 4.39 Å². The zero-order chi connectivity index (χ0) is 23.2. The monoisotopic (exact) mass is 574 g/mol. The lowest BCUT2D eigenvalue weighted by Crippen LogP contribution is -2.03. The number of hydrogen-bond donors (Lipinski definition) is 1. The Bertz CT molecular complexity index is 1320. The molecule has 1 heterocycles. The minimum Gasteiger partial charge on any atom is -0.490 e. The molecule has 0 spiro atoms. The zero-order valence-electron chi connectivity index (χ0n) is 17.7. The predicted octanol–water partition coefficient (Wildman–Crippen LogP) is 6.21. The Balaban J connectivity index is 1.61. The molecule has 0 radical (unpaired) electrons. The third kappa shape index (κ3) is 5.66. The fraction of sp³-hybridized carbons (Fsp3) is 0.125. The third-order valence-corrected chi connectivity index (χ3v) is 5.70. The molecule has 9 heteroatoms. The van der Waals surface area contributed by atoms with E-state index in [1.165, 1.54) is 12.1 Å². The number of rotatable bonds is 8. The van der Waals surface area contributed by atoms with E-state index in [0.29, 0.717) is 35.3 Å². The van der Waals surface area contributed by atoms with Crippen LogP contribution in [0.2, 0.25) is 0 Å². The average Bonchev–Trinajstić information content (AvgIpc) is 3.19. The van der Waals surface area contributed by atoms with E-state index >= 15 is 0 Å². The highest BCUT2D eigenvalue weighted by Crippen LogP contribution is 2.34. The van der Waals surface area contributed by atoms with Gasteiger partial charge < -0.3 is 9.47 Å². The SMILES string of the molecule is CCOc1cc(/C=N\n2c(-c3ccccc3)n[nH]c2=S)cc(I)c1OCc1ccc(F)cc1. The van der Waals surface area contributed by atoms with Crippen molar-refractivity contribution < 1.29 is 13.9 Å². The normalized spacial score (nSPS) is 11.1. The quantitative estimate of drug-likeness (QED) is 0.154. The lowest BCUT2D eigenvalue weighted by atomic mass is 10.2. The maximum Gasteiger partial charge on any atom is 0.216 e. The molecular weight excluding hydrogens is 554 g/mol. The van der Waals surface area contributed by atoms with Crippen molar-refractivity contribution in [1.82, 2.24) is 14.9 Å². The Hall–Kier alpha value is -3.05. The molecule has 0 atom stereocenters. The highest BCUT2D eigenvalue weighted by Gasteiger charge is 2.13. The van der Waals surface area contributed by atoms with E-state index < -0.39 is 0 Å². The number of benzene rings is 3. The van der Waals surface area contributed by atoms with Crippen molar-refractivity contribution in [3.05, 3.63) is 92.0 Å². The van der Waals surface area contributed by atoms with Crippen molar-refractivity contribution in [2.75, 3.05) is 6.61 Å². The maximum absolute atomic E-state index is 13.2. The van der Waals surface area contributed by atoms with E-state index in [2.05, 4.69) is 37.9 Å². The molecule has 0 aliphatic heterocycles. The number of halogens is 2. The van der Waals surface area contributed by atoms with Gasteiger partial charge in [0, 0.05) is 5.56 Å². The average molecular weight is 574 g/mol. The Labute approximate surface area is 209 Å². The van der Waals surface area contributed by atoms with Crippen LogP contribution < -0.4 is 9.47 Å². The van der Waals surface area contributed by atoms with Crippen molar-refractivity contribution in [3.8, 4) is 22.9 Å². The third-order valence-electron chi connectivity index (χ3n) is 4.63. The van der Waals surface area contributed by atoms with Crippen molar-refractivity contribution >= 4 is 41.0 Å². The van der Waals surface area contributed by atoms with E-state index in [4.69, 9.17) is 21.7 Å². The molecule has 0 saturated carbocycles. The van der Waals surface area contributed by atoms with Crippen LogP contribution in [-0.2, 0) is 6.61 Å². The van der Waals surface area contributed by atoms with Crippen LogP contribution in [0.3, 0.4) is 0 Å². The second-order valence-corrected chi connectivity index (χ2v) is 8.50. The number of nitrogens with zero attached hydrogens (tertiary/aromatic N) is 3. The lowest BCUT2D eigenvalue weighted by Gasteiger charge is -2.14. The van der Waals surface area contributed by atoms with Gasteiger partial charge in [0.05, 0.1) is 16.4 Å². The summed E-state index contributed by atoms with van der Waals surface area (Å²) in [6.45, 7) is 2.69. The number of aromatic nitrogens is 3. The molecule has 4 rings (SSSR count). The molecule has 33 heavy (non-hydrogen) atoms. The van der Waals surface area contributed by atoms with Crippen LogP contribution in [-0.4, -0.2) is 27.7 Å². The molecule has 4 aromatic rings. The molecule has 1 N–H and O–H groups in total. The summed E-state index contributed by atoms with van der Waals surface area (Å²) < 4.78 is 27.8. The minimum absolute atomic E-state index is 0.278. The Kier molecular flexibility index (Phi) is 7.50. The van der Waals surface area contributed by atoms with Gasteiger partial charge in [-0.2, -0.15) is 14.9 Å². The van der Waals surface area contributed by atoms with E-state index in [-0.39, 0.29) is 5.82 Å². The van der Waals surface area contributed by atoms with Crippen molar-refractivity contribution in [2.45, 2.75) is 13.5 Å². The number of ether oxygens (including phenoxy) is 2. The summed E-state index contributed by atoms with van der Waals surface area (Å²) >= 11 is 7.56. The number of aromatic amines is 1. The second-order valence-electron chi connectivity index (χ2n) is 6.95. The zero-order valence-corrected chi connectivity index (χ0v) is 20.6. The molecule has 3 aromatic carbocycles. The van der Waals surface area contributed by atoms with Crippen LogP contribution in [0.1, 0.15) is 18.1 Å². The maximum atomic E-state index is 13.2. The summed E-state index contributed by atoms with van der Waals surface area (Å²) in [6, 6.07) is 19.7. The first-order chi connectivity index (χ1) is 16.0. The Morgan fingerprint density at radius 2 is 1.88 bits per heavy atom. The standard InChI is InChI=1S/C24H20FIN4O2S/c1-2-31-21-13-17(12-20(26)22(21)32-15-16-8-10-19(25)11-9-16)14-27-30-23(28-29-24(30)33)18-6-4-3-5-7-18/h3-14H,2,15H2,1H3,(H,29,33)/b27-14-. The predicted molar refractivity (Wildman–Crippen MR) is 137 cm³/mol. The van der Waals surface area contributed by atoms with Crippen LogP contribution in [0.15, 0.2) is 71.8 Å². The molecule has 0 aliphatic rings. The highest BCUT2D eigenvalue weighted by atomic mass is 127. The molecule has 0 amide bonds. The van der Waals surface area contributed by atoms with Crippen molar-refractivity contribution in [3.63, 3.8) is 0 Å². The first-order valence-corrected chi connectivity index (χ1v) is 11.6. The smallest absolute Gasteiger partial charge is 0.216 e. The van der Waals surface area contributed by atoms with Crippen LogP contribution in [0.25, 0.3) is 11.4 Å². The molecule has 6 nitrogen and oxygen atoms in total. The van der Waals surface area contributed by atoms with E-state index in [1.807, 2.05) is 49.4 Å². The molecule has 0 unspecified atom stereocenters. The summed E-state index contributed by atoms with van der Waals surface area (Å²) in [5.41, 5.74) is 2.58. The first-order valence-electron chi connectivity index (χ1n) is 10.2. The van der Waals surface area contributed by atoms with Crippen LogP contribution in [0.5, 0.6) is 11.5 Å². The van der Waals surface area contributed by atoms with Gasteiger partial charge in [-0.25, -0.2) is 9.49 Å². The highest BCUT2D eigenvalue weighted by molar-refractivity contribution is 14.1. The Morgan fingerprint density at radius 1 is 1.12 bits per heavy atom. The molecular formula is C24H20FIN4O2S. The largest absolute Gasteiger partial charge is 0.490 e. The van der Waals surface area contributed by atoms with Gasteiger partial charge in [-0.15, -0.1) is 0 Å². The first kappa shape index (κ1) is 23.1. The summed E-state index contributed by atoms with van der Waals surface area (Å²) in [5, 5.41) is 11.6. The summed E-state index contributed by atoms with van der Waals surface area (Å²) in [5.74, 6) is 1.58. The lowest BCUT2D eigenvalue weighted by molar-refractivity contribution is 0.267. The van der Waals surface area contributed by atoms with Crippen molar-refractivity contribution in [2.24, 2.45) is 5.10 Å². The topological polar surface area (TPSA) is 64.4 Å². The van der Waals surface area contributed by atoms with Crippen molar-refractivity contribution in [1.29, 1.82) is 0 Å². The van der Waals surface area contributed by atoms with Crippen LogP contribution >= 0.6 is 34.8 Å². The van der Waals surface area contributed by atoms with Gasteiger partial charge in [0.1, 0.15) is 12.4 Å². The second kappa shape index (κ2) is 10.7. The fourth-order valence-corrected chi connectivity index (χ4v) is 4.06. The van der Waals surface area contributed by atoms with Gasteiger partial charge in [-0.3, -0.25) is 0 Å². The van der Waals surface area contributed by atoms with Gasteiger partial charge in [-0.1, -0.05) is 42.5 Å². The molecule has 168 valence electrons. The van der Waals surface area contributed by atoms with Gasteiger partial charge in [0.15, 0.2) is 17.3 Å². The number of H-pyrrole nitrogens is 1. The van der Waals surface area contributed by atoms with E-state index in [1.54, 1.807) is 23.0 Å². The molecule has 0 aliphatic carbocycles. The molecule has 0 bridgehead atoms. The van der Waals surface area contributed by atoms with E-state index in [0.717, 1.165) is 20.3 Å². The molecule has 0 saturated heterocycles. The number of nitrogens with one attached hydrogen (secondary N) is 1. The van der Waals surface area contributed by atoms with Gasteiger partial charge in [0.25, 0.3) is 0 Å². The van der Waals surface area contributed by atoms with Gasteiger partial charge in [-0.05, 0) is 77.1 Å². The van der Waals surface area contributed by atoms with Crippen LogP contribution in [0, 0.1) is 14.2 Å².